The number of hydrogen-bond donors (Lipinski definition) is 1. The van der Waals surface area contributed by atoms with Crippen LogP contribution in [0, 0.1) is 0 Å². The lowest BCUT2D eigenvalue weighted by Crippen LogP contribution is -2.24. The molecule has 25 heavy (non-hydrogen) atoms. The standard InChI is InChI=1S/C20H23N3O2/c1-22(2)14-16-7-3-4-10-18(16)21-20(25)15-8-5-9-17(13-15)23-12-6-11-19(23)24/h3-5,7-10,13H,6,11-12,14H2,1-2H3,(H,21,25). The predicted octanol–water partition coefficient (Wildman–Crippen LogP) is 3.13. The number of carbonyl (C=O) groups excluding carboxylic acids is 2. The van der Waals surface area contributed by atoms with Gasteiger partial charge in [0.25, 0.3) is 5.91 Å². The monoisotopic (exact) mass is 337 g/mol. The average molecular weight is 337 g/mol. The largest absolute Gasteiger partial charge is 0.322 e. The first-order chi connectivity index (χ1) is 12.0. The van der Waals surface area contributed by atoms with Crippen molar-refractivity contribution in [3.63, 3.8) is 0 Å². The maximum Gasteiger partial charge on any atom is 0.255 e. The summed E-state index contributed by atoms with van der Waals surface area (Å²) in [5.74, 6) is -0.0476. The molecule has 1 heterocycles. The van der Waals surface area contributed by atoms with Crippen LogP contribution in [0.1, 0.15) is 28.8 Å². The molecule has 1 N–H and O–H groups in total. The van der Waals surface area contributed by atoms with Crippen LogP contribution < -0.4 is 10.2 Å². The molecule has 1 saturated heterocycles. The van der Waals surface area contributed by atoms with Crippen molar-refractivity contribution in [1.82, 2.24) is 4.90 Å². The second-order valence-electron chi connectivity index (χ2n) is 6.55. The number of amides is 2. The van der Waals surface area contributed by atoms with E-state index in [-0.39, 0.29) is 11.8 Å². The number of para-hydroxylation sites is 1. The van der Waals surface area contributed by atoms with Crippen molar-refractivity contribution >= 4 is 23.2 Å². The molecule has 2 amide bonds. The summed E-state index contributed by atoms with van der Waals surface area (Å²) in [6, 6.07) is 15.0. The molecule has 0 aliphatic carbocycles. The molecular formula is C20H23N3O2. The summed E-state index contributed by atoms with van der Waals surface area (Å²) >= 11 is 0. The molecule has 5 nitrogen and oxygen atoms in total. The number of nitrogens with one attached hydrogen (secondary N) is 1. The molecule has 0 radical (unpaired) electrons. The number of carbonyl (C=O) groups is 2. The van der Waals surface area contributed by atoms with Gasteiger partial charge in [0.1, 0.15) is 0 Å². The molecule has 0 saturated carbocycles. The van der Waals surface area contributed by atoms with Crippen molar-refractivity contribution in [2.45, 2.75) is 19.4 Å². The Kier molecular flexibility index (Phi) is 5.14. The Morgan fingerprint density at radius 2 is 1.96 bits per heavy atom. The first-order valence-corrected chi connectivity index (χ1v) is 8.49. The molecule has 0 unspecified atom stereocenters. The highest BCUT2D eigenvalue weighted by Gasteiger charge is 2.22. The smallest absolute Gasteiger partial charge is 0.255 e. The quantitative estimate of drug-likeness (QED) is 0.912. The topological polar surface area (TPSA) is 52.7 Å². The van der Waals surface area contributed by atoms with E-state index in [2.05, 4.69) is 10.2 Å². The van der Waals surface area contributed by atoms with E-state index in [1.54, 1.807) is 17.0 Å². The molecule has 0 bridgehead atoms. The van der Waals surface area contributed by atoms with Gasteiger partial charge in [-0.05, 0) is 50.3 Å². The molecule has 1 aliphatic heterocycles. The fraction of sp³-hybridized carbons (Fsp3) is 0.300. The normalized spacial score (nSPS) is 14.2. The van der Waals surface area contributed by atoms with Gasteiger partial charge in [-0.2, -0.15) is 0 Å². The van der Waals surface area contributed by atoms with Gasteiger partial charge in [0, 0.05) is 36.4 Å². The first-order valence-electron chi connectivity index (χ1n) is 8.49. The second kappa shape index (κ2) is 7.49. The third kappa shape index (κ3) is 4.06. The van der Waals surface area contributed by atoms with Gasteiger partial charge in [-0.1, -0.05) is 24.3 Å². The van der Waals surface area contributed by atoms with Crippen LogP contribution in [0.15, 0.2) is 48.5 Å². The zero-order valence-corrected chi connectivity index (χ0v) is 14.7. The molecule has 3 rings (SSSR count). The van der Waals surface area contributed by atoms with E-state index in [0.717, 1.165) is 36.4 Å². The van der Waals surface area contributed by atoms with Gasteiger partial charge in [0.2, 0.25) is 5.91 Å². The lowest BCUT2D eigenvalue weighted by molar-refractivity contribution is -0.117. The van der Waals surface area contributed by atoms with Gasteiger partial charge in [-0.25, -0.2) is 0 Å². The third-order valence-corrected chi connectivity index (χ3v) is 4.25. The van der Waals surface area contributed by atoms with Crippen molar-refractivity contribution in [2.24, 2.45) is 0 Å². The molecule has 0 atom stereocenters. The Hall–Kier alpha value is -2.66. The van der Waals surface area contributed by atoms with Gasteiger partial charge >= 0.3 is 0 Å². The van der Waals surface area contributed by atoms with E-state index in [1.165, 1.54) is 0 Å². The molecule has 2 aromatic rings. The van der Waals surface area contributed by atoms with Crippen LogP contribution in [0.2, 0.25) is 0 Å². The van der Waals surface area contributed by atoms with E-state index in [4.69, 9.17) is 0 Å². The Bertz CT molecular complexity index is 786. The van der Waals surface area contributed by atoms with Crippen LogP contribution in [0.25, 0.3) is 0 Å². The van der Waals surface area contributed by atoms with Crippen LogP contribution >= 0.6 is 0 Å². The number of benzene rings is 2. The highest BCUT2D eigenvalue weighted by atomic mass is 16.2. The molecule has 1 aliphatic rings. The number of nitrogens with zero attached hydrogens (tertiary/aromatic N) is 2. The predicted molar refractivity (Wildman–Crippen MR) is 99.8 cm³/mol. The van der Waals surface area contributed by atoms with Gasteiger partial charge in [0.05, 0.1) is 0 Å². The summed E-state index contributed by atoms with van der Waals surface area (Å²) in [6.07, 6.45) is 1.45. The van der Waals surface area contributed by atoms with E-state index < -0.39 is 0 Å². The fourth-order valence-electron chi connectivity index (χ4n) is 3.05. The molecule has 1 fully saturated rings. The zero-order chi connectivity index (χ0) is 17.8. The lowest BCUT2D eigenvalue weighted by atomic mass is 10.1. The van der Waals surface area contributed by atoms with E-state index in [0.29, 0.717) is 12.0 Å². The summed E-state index contributed by atoms with van der Waals surface area (Å²) in [5.41, 5.74) is 3.21. The summed E-state index contributed by atoms with van der Waals surface area (Å²) < 4.78 is 0. The van der Waals surface area contributed by atoms with Crippen molar-refractivity contribution in [1.29, 1.82) is 0 Å². The summed E-state index contributed by atoms with van der Waals surface area (Å²) in [5, 5.41) is 2.99. The van der Waals surface area contributed by atoms with Gasteiger partial charge in [-0.15, -0.1) is 0 Å². The molecular weight excluding hydrogens is 314 g/mol. The Labute approximate surface area is 148 Å². The number of anilines is 2. The minimum Gasteiger partial charge on any atom is -0.322 e. The molecule has 2 aromatic carbocycles. The van der Waals surface area contributed by atoms with E-state index in [9.17, 15) is 9.59 Å². The molecule has 0 aromatic heterocycles. The zero-order valence-electron chi connectivity index (χ0n) is 14.7. The lowest BCUT2D eigenvalue weighted by Gasteiger charge is -2.17. The minimum atomic E-state index is -0.167. The van der Waals surface area contributed by atoms with Crippen LogP contribution in [0.5, 0.6) is 0 Å². The van der Waals surface area contributed by atoms with Crippen molar-refractivity contribution in [2.75, 3.05) is 30.9 Å². The van der Waals surface area contributed by atoms with Crippen molar-refractivity contribution in [3.05, 3.63) is 59.7 Å². The van der Waals surface area contributed by atoms with Gasteiger partial charge in [-0.3, -0.25) is 9.59 Å². The van der Waals surface area contributed by atoms with Crippen molar-refractivity contribution < 1.29 is 9.59 Å². The Balaban J connectivity index is 1.79. The SMILES string of the molecule is CN(C)Cc1ccccc1NC(=O)c1cccc(N2CCCC2=O)c1. The van der Waals surface area contributed by atoms with E-state index >= 15 is 0 Å². The van der Waals surface area contributed by atoms with Crippen LogP contribution in [-0.2, 0) is 11.3 Å². The van der Waals surface area contributed by atoms with Crippen LogP contribution in [-0.4, -0.2) is 37.4 Å². The van der Waals surface area contributed by atoms with Gasteiger partial charge < -0.3 is 15.1 Å². The summed E-state index contributed by atoms with van der Waals surface area (Å²) in [4.78, 5) is 28.4. The first kappa shape index (κ1) is 17.2. The highest BCUT2D eigenvalue weighted by molar-refractivity contribution is 6.06. The maximum atomic E-state index is 12.7. The maximum absolute atomic E-state index is 12.7. The highest BCUT2D eigenvalue weighted by Crippen LogP contribution is 2.23. The van der Waals surface area contributed by atoms with Gasteiger partial charge in [0.15, 0.2) is 0 Å². The number of hydrogen-bond acceptors (Lipinski definition) is 3. The van der Waals surface area contributed by atoms with Crippen LogP contribution in [0.4, 0.5) is 11.4 Å². The molecule has 5 heteroatoms. The fourth-order valence-corrected chi connectivity index (χ4v) is 3.05. The second-order valence-corrected chi connectivity index (χ2v) is 6.55. The average Bonchev–Trinajstić information content (AvgIpc) is 3.02. The Morgan fingerprint density at radius 1 is 1.16 bits per heavy atom. The minimum absolute atomic E-state index is 0.119. The Morgan fingerprint density at radius 3 is 2.68 bits per heavy atom. The number of rotatable bonds is 5. The summed E-state index contributed by atoms with van der Waals surface area (Å²) in [7, 11) is 3.99. The van der Waals surface area contributed by atoms with Crippen LogP contribution in [0.3, 0.4) is 0 Å². The van der Waals surface area contributed by atoms with Crippen molar-refractivity contribution in [3.8, 4) is 0 Å². The summed E-state index contributed by atoms with van der Waals surface area (Å²) in [6.45, 7) is 1.47. The molecule has 130 valence electrons. The third-order valence-electron chi connectivity index (χ3n) is 4.25. The van der Waals surface area contributed by atoms with E-state index in [1.807, 2.05) is 50.5 Å². The molecule has 0 spiro atoms.